The van der Waals surface area contributed by atoms with Crippen LogP contribution >= 0.6 is 11.8 Å². The number of benzene rings is 1. The van der Waals surface area contributed by atoms with Crippen LogP contribution in [0.15, 0.2) is 41.8 Å². The lowest BCUT2D eigenvalue weighted by Crippen LogP contribution is -2.48. The van der Waals surface area contributed by atoms with Crippen LogP contribution in [0.3, 0.4) is 0 Å². The third-order valence-corrected chi connectivity index (χ3v) is 4.22. The lowest BCUT2D eigenvalue weighted by molar-refractivity contribution is 0.374. The van der Waals surface area contributed by atoms with E-state index in [1.54, 1.807) is 23.9 Å². The first-order valence-electron chi connectivity index (χ1n) is 6.63. The fourth-order valence-corrected chi connectivity index (χ4v) is 3.13. The number of anilines is 1. The van der Waals surface area contributed by atoms with Gasteiger partial charge in [-0.05, 0) is 30.5 Å². The molecule has 2 heterocycles. The van der Waals surface area contributed by atoms with E-state index in [2.05, 4.69) is 19.8 Å². The van der Waals surface area contributed by atoms with Crippen LogP contribution in [-0.4, -0.2) is 40.5 Å². The Hall–Kier alpha value is -1.66. The Bertz CT molecular complexity index is 569. The normalized spacial score (nSPS) is 19.2. The molecule has 3 rings (SSSR count). The van der Waals surface area contributed by atoms with Gasteiger partial charge in [0.1, 0.15) is 11.9 Å². The summed E-state index contributed by atoms with van der Waals surface area (Å²) >= 11 is 1.65. The van der Waals surface area contributed by atoms with Crippen LogP contribution in [0.1, 0.15) is 6.17 Å². The van der Waals surface area contributed by atoms with Crippen LogP contribution in [0, 0.1) is 0 Å². The fraction of sp³-hybridized carbons (Fsp3) is 0.357. The summed E-state index contributed by atoms with van der Waals surface area (Å²) in [4.78, 5) is 6.73. The van der Waals surface area contributed by atoms with Crippen LogP contribution in [0.25, 0.3) is 0 Å². The molecule has 0 bridgehead atoms. The second kappa shape index (κ2) is 5.76. The van der Waals surface area contributed by atoms with E-state index in [0.29, 0.717) is 5.75 Å². The van der Waals surface area contributed by atoms with Gasteiger partial charge in [-0.15, -0.1) is 0 Å². The first-order valence-corrected chi connectivity index (χ1v) is 7.85. The largest absolute Gasteiger partial charge is 0.508 e. The highest BCUT2D eigenvalue weighted by molar-refractivity contribution is 7.98. The van der Waals surface area contributed by atoms with Crippen molar-refractivity contribution in [2.75, 3.05) is 30.8 Å². The first kappa shape index (κ1) is 13.3. The lowest BCUT2D eigenvalue weighted by Gasteiger charge is -2.39. The molecule has 2 aromatic rings. The van der Waals surface area contributed by atoms with Gasteiger partial charge in [0.25, 0.3) is 0 Å². The number of hydrogen-bond donors (Lipinski definition) is 2. The number of thioether (sulfide) groups is 1. The summed E-state index contributed by atoms with van der Waals surface area (Å²) in [7, 11) is 0. The molecule has 2 N–H and O–H groups in total. The Morgan fingerprint density at radius 1 is 1.35 bits per heavy atom. The molecule has 1 aliphatic heterocycles. The predicted octanol–water partition coefficient (Wildman–Crippen LogP) is 1.92. The number of phenolic OH excluding ortho intramolecular Hbond substituents is 1. The number of phenols is 1. The maximum atomic E-state index is 9.44. The zero-order chi connectivity index (χ0) is 13.9. The molecule has 0 radical (unpaired) electrons. The molecule has 0 spiro atoms. The van der Waals surface area contributed by atoms with Gasteiger partial charge in [0, 0.05) is 37.7 Å². The van der Waals surface area contributed by atoms with Gasteiger partial charge in [0.05, 0.1) is 0 Å². The minimum absolute atomic E-state index is 0.207. The predicted molar refractivity (Wildman–Crippen MR) is 81.4 cm³/mol. The number of imidazole rings is 1. The van der Waals surface area contributed by atoms with E-state index in [1.165, 1.54) is 0 Å². The Morgan fingerprint density at radius 3 is 2.90 bits per heavy atom. The minimum atomic E-state index is 0.207. The third kappa shape index (κ3) is 2.48. The fourth-order valence-electron chi connectivity index (χ4n) is 2.57. The zero-order valence-electron chi connectivity index (χ0n) is 11.4. The van der Waals surface area contributed by atoms with Crippen LogP contribution in [0.4, 0.5) is 5.69 Å². The van der Waals surface area contributed by atoms with Gasteiger partial charge in [-0.1, -0.05) is 11.8 Å². The standard InChI is InChI=1S/C14H18N4OS/c1-20-14-16-7-9-18(14)13-10-15-6-8-17(13)11-2-4-12(19)5-3-11/h2-5,7,9,13,15,19H,6,8,10H2,1H3. The quantitative estimate of drug-likeness (QED) is 0.846. The number of rotatable bonds is 3. The molecular formula is C14H18N4OS. The summed E-state index contributed by atoms with van der Waals surface area (Å²) in [6.45, 7) is 2.77. The second-order valence-corrected chi connectivity index (χ2v) is 5.49. The Kier molecular flexibility index (Phi) is 3.84. The van der Waals surface area contributed by atoms with Crippen molar-refractivity contribution in [1.29, 1.82) is 0 Å². The van der Waals surface area contributed by atoms with Crippen molar-refractivity contribution < 1.29 is 5.11 Å². The van der Waals surface area contributed by atoms with Gasteiger partial charge in [-0.3, -0.25) is 0 Å². The number of nitrogens with zero attached hydrogens (tertiary/aromatic N) is 3. The third-order valence-electron chi connectivity index (χ3n) is 3.53. The number of piperazine rings is 1. The molecule has 1 aromatic heterocycles. The van der Waals surface area contributed by atoms with E-state index in [-0.39, 0.29) is 6.17 Å². The van der Waals surface area contributed by atoms with Crippen molar-refractivity contribution in [3.05, 3.63) is 36.7 Å². The molecule has 0 saturated carbocycles. The molecule has 0 aliphatic carbocycles. The molecule has 0 amide bonds. The van der Waals surface area contributed by atoms with Crippen molar-refractivity contribution in [2.24, 2.45) is 0 Å². The number of aromatic hydroxyl groups is 1. The van der Waals surface area contributed by atoms with Gasteiger partial charge >= 0.3 is 0 Å². The molecule has 106 valence electrons. The summed E-state index contributed by atoms with van der Waals surface area (Å²) in [6.07, 6.45) is 6.12. The Balaban J connectivity index is 1.93. The van der Waals surface area contributed by atoms with Crippen molar-refractivity contribution >= 4 is 17.4 Å². The summed E-state index contributed by atoms with van der Waals surface area (Å²) in [5.41, 5.74) is 1.12. The average molecular weight is 290 g/mol. The van der Waals surface area contributed by atoms with Gasteiger partial charge in [-0.2, -0.15) is 0 Å². The molecule has 1 fully saturated rings. The zero-order valence-corrected chi connectivity index (χ0v) is 12.2. The van der Waals surface area contributed by atoms with E-state index in [0.717, 1.165) is 30.5 Å². The highest BCUT2D eigenvalue weighted by Crippen LogP contribution is 2.28. The number of aromatic nitrogens is 2. The maximum absolute atomic E-state index is 9.44. The highest BCUT2D eigenvalue weighted by Gasteiger charge is 2.25. The van der Waals surface area contributed by atoms with Gasteiger partial charge < -0.3 is 19.9 Å². The smallest absolute Gasteiger partial charge is 0.169 e. The van der Waals surface area contributed by atoms with Crippen molar-refractivity contribution in [3.8, 4) is 5.75 Å². The molecule has 1 atom stereocenters. The highest BCUT2D eigenvalue weighted by atomic mass is 32.2. The Labute approximate surface area is 122 Å². The van der Waals surface area contributed by atoms with Crippen LogP contribution in [0.5, 0.6) is 5.75 Å². The summed E-state index contributed by atoms with van der Waals surface area (Å²) in [5, 5.41) is 13.9. The summed E-state index contributed by atoms with van der Waals surface area (Å²) in [5.74, 6) is 0.299. The van der Waals surface area contributed by atoms with Crippen LogP contribution < -0.4 is 10.2 Å². The average Bonchev–Trinajstić information content (AvgIpc) is 2.96. The van der Waals surface area contributed by atoms with E-state index in [1.807, 2.05) is 30.8 Å². The van der Waals surface area contributed by atoms with E-state index < -0.39 is 0 Å². The second-order valence-electron chi connectivity index (χ2n) is 4.72. The Morgan fingerprint density at radius 2 is 2.15 bits per heavy atom. The maximum Gasteiger partial charge on any atom is 0.169 e. The summed E-state index contributed by atoms with van der Waals surface area (Å²) in [6, 6.07) is 7.39. The van der Waals surface area contributed by atoms with Gasteiger partial charge in [0.15, 0.2) is 5.16 Å². The van der Waals surface area contributed by atoms with E-state index in [9.17, 15) is 5.11 Å². The molecule has 20 heavy (non-hydrogen) atoms. The molecular weight excluding hydrogens is 272 g/mol. The van der Waals surface area contributed by atoms with Crippen molar-refractivity contribution in [1.82, 2.24) is 14.9 Å². The number of hydrogen-bond acceptors (Lipinski definition) is 5. The topological polar surface area (TPSA) is 53.3 Å². The molecule has 6 heteroatoms. The molecule has 1 aromatic carbocycles. The van der Waals surface area contributed by atoms with Crippen molar-refractivity contribution in [3.63, 3.8) is 0 Å². The SMILES string of the molecule is CSc1nccn1C1CNCCN1c1ccc(O)cc1. The van der Waals surface area contributed by atoms with Crippen LogP contribution in [0.2, 0.25) is 0 Å². The van der Waals surface area contributed by atoms with Gasteiger partial charge in [0.2, 0.25) is 0 Å². The van der Waals surface area contributed by atoms with E-state index in [4.69, 9.17) is 0 Å². The molecule has 5 nitrogen and oxygen atoms in total. The van der Waals surface area contributed by atoms with E-state index >= 15 is 0 Å². The number of nitrogens with one attached hydrogen (secondary N) is 1. The van der Waals surface area contributed by atoms with Gasteiger partial charge in [-0.25, -0.2) is 4.98 Å². The van der Waals surface area contributed by atoms with Crippen molar-refractivity contribution in [2.45, 2.75) is 11.3 Å². The minimum Gasteiger partial charge on any atom is -0.508 e. The summed E-state index contributed by atoms with van der Waals surface area (Å²) < 4.78 is 2.20. The lowest BCUT2D eigenvalue weighted by atomic mass is 10.2. The first-order chi connectivity index (χ1) is 9.79. The molecule has 1 unspecified atom stereocenters. The molecule has 1 saturated heterocycles. The molecule has 1 aliphatic rings. The van der Waals surface area contributed by atoms with Crippen LogP contribution in [-0.2, 0) is 0 Å². The monoisotopic (exact) mass is 290 g/mol.